The summed E-state index contributed by atoms with van der Waals surface area (Å²) in [5.74, 6) is -0.0130. The standard InChI is InChI=1S/C18H22N4O4/c1-12(19-17(25)22-9-8-18(2,11-22)16(23)24)15-20-14(26-21-15)10-13-6-4-3-5-7-13/h3-7,12H,8-11H2,1-2H3,(H,19,25)(H,23,24). The van der Waals surface area contributed by atoms with Gasteiger partial charge >= 0.3 is 12.0 Å². The summed E-state index contributed by atoms with van der Waals surface area (Å²) in [6.07, 6.45) is 0.963. The summed E-state index contributed by atoms with van der Waals surface area (Å²) >= 11 is 0. The first kappa shape index (κ1) is 17.9. The molecule has 2 N–H and O–H groups in total. The molecular formula is C18H22N4O4. The second-order valence-corrected chi connectivity index (χ2v) is 6.92. The van der Waals surface area contributed by atoms with Gasteiger partial charge in [-0.25, -0.2) is 4.79 Å². The number of rotatable bonds is 5. The smallest absolute Gasteiger partial charge is 0.318 e. The van der Waals surface area contributed by atoms with Crippen molar-refractivity contribution in [2.75, 3.05) is 13.1 Å². The fraction of sp³-hybridized carbons (Fsp3) is 0.444. The van der Waals surface area contributed by atoms with Crippen LogP contribution in [0, 0.1) is 5.41 Å². The quantitative estimate of drug-likeness (QED) is 0.848. The molecule has 0 radical (unpaired) electrons. The van der Waals surface area contributed by atoms with E-state index in [1.165, 1.54) is 4.90 Å². The summed E-state index contributed by atoms with van der Waals surface area (Å²) in [7, 11) is 0. The zero-order valence-electron chi connectivity index (χ0n) is 14.8. The van der Waals surface area contributed by atoms with Gasteiger partial charge in [0, 0.05) is 13.1 Å². The van der Waals surface area contributed by atoms with Crippen LogP contribution in [0.2, 0.25) is 0 Å². The minimum absolute atomic E-state index is 0.187. The van der Waals surface area contributed by atoms with Crippen LogP contribution in [-0.2, 0) is 11.2 Å². The van der Waals surface area contributed by atoms with Gasteiger partial charge in [0.05, 0.1) is 17.9 Å². The van der Waals surface area contributed by atoms with E-state index in [4.69, 9.17) is 4.52 Å². The van der Waals surface area contributed by atoms with Crippen LogP contribution in [-0.4, -0.2) is 45.2 Å². The summed E-state index contributed by atoms with van der Waals surface area (Å²) in [6, 6.07) is 9.01. The number of carboxylic acid groups (broad SMARTS) is 1. The number of amides is 2. The van der Waals surface area contributed by atoms with Gasteiger partial charge in [0.15, 0.2) is 5.82 Å². The van der Waals surface area contributed by atoms with Crippen molar-refractivity contribution < 1.29 is 19.2 Å². The first-order valence-electron chi connectivity index (χ1n) is 8.53. The molecule has 1 aliphatic heterocycles. The molecule has 26 heavy (non-hydrogen) atoms. The van der Waals surface area contributed by atoms with Crippen molar-refractivity contribution in [1.82, 2.24) is 20.4 Å². The van der Waals surface area contributed by atoms with Crippen molar-refractivity contribution in [3.05, 3.63) is 47.6 Å². The molecule has 1 aliphatic rings. The Morgan fingerprint density at radius 1 is 1.38 bits per heavy atom. The Morgan fingerprint density at radius 2 is 2.12 bits per heavy atom. The monoisotopic (exact) mass is 358 g/mol. The topological polar surface area (TPSA) is 109 Å². The number of carbonyl (C=O) groups is 2. The molecule has 0 bridgehead atoms. The number of hydrogen-bond donors (Lipinski definition) is 2. The molecule has 1 saturated heterocycles. The lowest BCUT2D eigenvalue weighted by molar-refractivity contribution is -0.147. The second kappa shape index (κ2) is 7.15. The van der Waals surface area contributed by atoms with Crippen molar-refractivity contribution in [3.8, 4) is 0 Å². The molecule has 1 aromatic carbocycles. The third-order valence-electron chi connectivity index (χ3n) is 4.69. The van der Waals surface area contributed by atoms with E-state index in [-0.39, 0.29) is 12.6 Å². The first-order valence-corrected chi connectivity index (χ1v) is 8.53. The van der Waals surface area contributed by atoms with Gasteiger partial charge in [-0.15, -0.1) is 0 Å². The van der Waals surface area contributed by atoms with Crippen LogP contribution in [0.5, 0.6) is 0 Å². The van der Waals surface area contributed by atoms with Crippen LogP contribution < -0.4 is 5.32 Å². The van der Waals surface area contributed by atoms with Gasteiger partial charge in [-0.05, 0) is 25.8 Å². The van der Waals surface area contributed by atoms with Crippen LogP contribution in [0.4, 0.5) is 4.79 Å². The number of nitrogens with zero attached hydrogens (tertiary/aromatic N) is 3. The minimum atomic E-state index is -0.893. The summed E-state index contributed by atoms with van der Waals surface area (Å²) in [5.41, 5.74) is 0.166. The highest BCUT2D eigenvalue weighted by molar-refractivity contribution is 5.79. The number of urea groups is 1. The Bertz CT molecular complexity index is 791. The van der Waals surface area contributed by atoms with Gasteiger partial charge < -0.3 is 19.8 Å². The number of nitrogens with one attached hydrogen (secondary N) is 1. The normalized spacial score (nSPS) is 20.8. The molecule has 2 amide bonds. The van der Waals surface area contributed by atoms with E-state index in [9.17, 15) is 14.7 Å². The molecule has 0 saturated carbocycles. The predicted molar refractivity (Wildman–Crippen MR) is 92.4 cm³/mol. The molecule has 3 rings (SSSR count). The molecule has 8 nitrogen and oxygen atoms in total. The largest absolute Gasteiger partial charge is 0.481 e. The number of hydrogen-bond acceptors (Lipinski definition) is 5. The van der Waals surface area contributed by atoms with Gasteiger partial charge in [0.1, 0.15) is 0 Å². The highest BCUT2D eigenvalue weighted by Gasteiger charge is 2.42. The average molecular weight is 358 g/mol. The van der Waals surface area contributed by atoms with Gasteiger partial charge in [-0.3, -0.25) is 4.79 Å². The Labute approximate surface area is 151 Å². The van der Waals surface area contributed by atoms with E-state index < -0.39 is 17.4 Å². The molecule has 2 aromatic rings. The molecular weight excluding hydrogens is 336 g/mol. The van der Waals surface area contributed by atoms with Gasteiger partial charge in [-0.2, -0.15) is 4.98 Å². The average Bonchev–Trinajstić information content (AvgIpc) is 3.24. The first-order chi connectivity index (χ1) is 12.4. The van der Waals surface area contributed by atoms with E-state index in [0.717, 1.165) is 5.56 Å². The van der Waals surface area contributed by atoms with Gasteiger partial charge in [0.25, 0.3) is 0 Å². The summed E-state index contributed by atoms with van der Waals surface area (Å²) < 4.78 is 5.26. The maximum atomic E-state index is 12.4. The maximum absolute atomic E-state index is 12.4. The van der Waals surface area contributed by atoms with E-state index in [1.807, 2.05) is 30.3 Å². The number of benzene rings is 1. The van der Waals surface area contributed by atoms with E-state index in [0.29, 0.717) is 31.1 Å². The number of likely N-dealkylation sites (tertiary alicyclic amines) is 1. The van der Waals surface area contributed by atoms with Crippen LogP contribution in [0.3, 0.4) is 0 Å². The second-order valence-electron chi connectivity index (χ2n) is 6.92. The van der Waals surface area contributed by atoms with Crippen LogP contribution in [0.1, 0.15) is 43.6 Å². The third kappa shape index (κ3) is 3.84. The zero-order chi connectivity index (χ0) is 18.7. The molecule has 138 valence electrons. The van der Waals surface area contributed by atoms with E-state index in [2.05, 4.69) is 15.5 Å². The van der Waals surface area contributed by atoms with Crippen molar-refractivity contribution in [3.63, 3.8) is 0 Å². The van der Waals surface area contributed by atoms with Crippen molar-refractivity contribution >= 4 is 12.0 Å². The fourth-order valence-electron chi connectivity index (χ4n) is 2.94. The molecule has 0 aliphatic carbocycles. The molecule has 2 unspecified atom stereocenters. The minimum Gasteiger partial charge on any atom is -0.481 e. The summed E-state index contributed by atoms with van der Waals surface area (Å²) in [5, 5.41) is 16.0. The molecule has 2 heterocycles. The van der Waals surface area contributed by atoms with Crippen molar-refractivity contribution in [2.24, 2.45) is 5.41 Å². The Morgan fingerprint density at radius 3 is 2.77 bits per heavy atom. The fourth-order valence-corrected chi connectivity index (χ4v) is 2.94. The van der Waals surface area contributed by atoms with Crippen LogP contribution in [0.15, 0.2) is 34.9 Å². The van der Waals surface area contributed by atoms with Crippen LogP contribution in [0.25, 0.3) is 0 Å². The Balaban J connectivity index is 1.58. The van der Waals surface area contributed by atoms with E-state index >= 15 is 0 Å². The van der Waals surface area contributed by atoms with Crippen molar-refractivity contribution in [2.45, 2.75) is 32.7 Å². The highest BCUT2D eigenvalue weighted by Crippen LogP contribution is 2.30. The van der Waals surface area contributed by atoms with Gasteiger partial charge in [-0.1, -0.05) is 35.5 Å². The lowest BCUT2D eigenvalue weighted by atomic mass is 9.90. The third-order valence-corrected chi connectivity index (χ3v) is 4.69. The van der Waals surface area contributed by atoms with E-state index in [1.54, 1.807) is 13.8 Å². The maximum Gasteiger partial charge on any atom is 0.318 e. The molecule has 2 atom stereocenters. The number of aliphatic carboxylic acids is 1. The lowest BCUT2D eigenvalue weighted by Gasteiger charge is -2.21. The molecule has 8 heteroatoms. The van der Waals surface area contributed by atoms with Crippen LogP contribution >= 0.6 is 0 Å². The lowest BCUT2D eigenvalue weighted by Crippen LogP contribution is -2.42. The Hall–Kier alpha value is -2.90. The van der Waals surface area contributed by atoms with Crippen molar-refractivity contribution in [1.29, 1.82) is 0 Å². The number of carbonyl (C=O) groups excluding carboxylic acids is 1. The molecule has 0 spiro atoms. The predicted octanol–water partition coefficient (Wildman–Crippen LogP) is 2.23. The molecule has 1 aromatic heterocycles. The summed E-state index contributed by atoms with van der Waals surface area (Å²) in [4.78, 5) is 29.5. The highest BCUT2D eigenvalue weighted by atomic mass is 16.5. The SMILES string of the molecule is CC(NC(=O)N1CCC(C)(C(=O)O)C1)c1noc(Cc2ccccc2)n1. The van der Waals surface area contributed by atoms with Gasteiger partial charge in [0.2, 0.25) is 5.89 Å². The molecule has 1 fully saturated rings. The summed E-state index contributed by atoms with van der Waals surface area (Å²) in [6.45, 7) is 4.02. The zero-order valence-corrected chi connectivity index (χ0v) is 14.8. The number of aromatic nitrogens is 2. The number of carboxylic acids is 1. The Kier molecular flexibility index (Phi) is 4.92.